The molecule has 0 bridgehead atoms. The van der Waals surface area contributed by atoms with Crippen LogP contribution in [0, 0.1) is 6.92 Å². The summed E-state index contributed by atoms with van der Waals surface area (Å²) in [5.74, 6) is 1.98. The molecule has 2 heteroatoms. The molecule has 0 aliphatic heterocycles. The maximum absolute atomic E-state index is 5.68. The van der Waals surface area contributed by atoms with Gasteiger partial charge in [0, 0.05) is 11.5 Å². The third-order valence-corrected chi connectivity index (χ3v) is 2.32. The number of aryl methyl sites for hydroxylation is 1. The first-order valence-corrected chi connectivity index (χ1v) is 5.19. The standard InChI is InChI=1S/C13H15NO/c1-9(2)13-14-8-12(15-13)11-6-4-5-10(3)7-11/h4-9H,1-3H3. The number of nitrogens with zero attached hydrogens (tertiary/aromatic N) is 1. The van der Waals surface area contributed by atoms with Gasteiger partial charge in [-0.3, -0.25) is 0 Å². The molecule has 0 unspecified atom stereocenters. The molecule has 2 aromatic rings. The van der Waals surface area contributed by atoms with Gasteiger partial charge in [-0.2, -0.15) is 0 Å². The molecule has 2 rings (SSSR count). The molecule has 0 amide bonds. The van der Waals surface area contributed by atoms with Gasteiger partial charge in [-0.25, -0.2) is 4.98 Å². The predicted molar refractivity (Wildman–Crippen MR) is 60.8 cm³/mol. The Kier molecular flexibility index (Phi) is 2.58. The van der Waals surface area contributed by atoms with Gasteiger partial charge in [-0.05, 0) is 13.0 Å². The zero-order chi connectivity index (χ0) is 10.8. The molecule has 0 aliphatic rings. The second kappa shape index (κ2) is 3.89. The highest BCUT2D eigenvalue weighted by Crippen LogP contribution is 2.24. The minimum Gasteiger partial charge on any atom is -0.440 e. The Bertz CT molecular complexity index is 457. The fraction of sp³-hybridized carbons (Fsp3) is 0.308. The summed E-state index contributed by atoms with van der Waals surface area (Å²) < 4.78 is 5.68. The van der Waals surface area contributed by atoms with E-state index in [1.807, 2.05) is 12.1 Å². The smallest absolute Gasteiger partial charge is 0.197 e. The molecule has 0 fully saturated rings. The van der Waals surface area contributed by atoms with E-state index in [-0.39, 0.29) is 0 Å². The van der Waals surface area contributed by atoms with Crippen molar-refractivity contribution >= 4 is 0 Å². The average Bonchev–Trinajstić information content (AvgIpc) is 2.66. The van der Waals surface area contributed by atoms with E-state index in [0.717, 1.165) is 17.2 Å². The minimum atomic E-state index is 0.337. The summed E-state index contributed by atoms with van der Waals surface area (Å²) in [6.07, 6.45) is 1.80. The largest absolute Gasteiger partial charge is 0.440 e. The van der Waals surface area contributed by atoms with Gasteiger partial charge in [-0.15, -0.1) is 0 Å². The van der Waals surface area contributed by atoms with Gasteiger partial charge in [0.25, 0.3) is 0 Å². The lowest BCUT2D eigenvalue weighted by molar-refractivity contribution is 0.481. The quantitative estimate of drug-likeness (QED) is 0.739. The SMILES string of the molecule is Cc1cccc(-c2cnc(C(C)C)o2)c1. The number of hydrogen-bond donors (Lipinski definition) is 0. The van der Waals surface area contributed by atoms with Crippen LogP contribution in [0.2, 0.25) is 0 Å². The first kappa shape index (κ1) is 9.97. The van der Waals surface area contributed by atoms with E-state index in [1.54, 1.807) is 6.20 Å². The van der Waals surface area contributed by atoms with Gasteiger partial charge in [0.1, 0.15) is 0 Å². The van der Waals surface area contributed by atoms with Gasteiger partial charge in [0.2, 0.25) is 0 Å². The van der Waals surface area contributed by atoms with Crippen molar-refractivity contribution in [1.82, 2.24) is 4.98 Å². The van der Waals surface area contributed by atoms with Crippen LogP contribution in [0.1, 0.15) is 31.2 Å². The normalized spacial score (nSPS) is 10.9. The highest BCUT2D eigenvalue weighted by molar-refractivity contribution is 5.57. The van der Waals surface area contributed by atoms with E-state index in [1.165, 1.54) is 5.56 Å². The molecule has 0 radical (unpaired) electrons. The first-order chi connectivity index (χ1) is 7.16. The van der Waals surface area contributed by atoms with Crippen molar-refractivity contribution in [2.45, 2.75) is 26.7 Å². The highest BCUT2D eigenvalue weighted by Gasteiger charge is 2.08. The van der Waals surface area contributed by atoms with Crippen molar-refractivity contribution in [3.63, 3.8) is 0 Å². The Hall–Kier alpha value is -1.57. The van der Waals surface area contributed by atoms with Crippen molar-refractivity contribution in [2.75, 3.05) is 0 Å². The van der Waals surface area contributed by atoms with Crippen molar-refractivity contribution < 1.29 is 4.42 Å². The van der Waals surface area contributed by atoms with Crippen LogP contribution in [-0.2, 0) is 0 Å². The lowest BCUT2D eigenvalue weighted by Gasteiger charge is -1.99. The summed E-state index contributed by atoms with van der Waals surface area (Å²) >= 11 is 0. The van der Waals surface area contributed by atoms with Crippen LogP contribution in [0.5, 0.6) is 0 Å². The first-order valence-electron chi connectivity index (χ1n) is 5.19. The van der Waals surface area contributed by atoms with E-state index in [4.69, 9.17) is 4.42 Å². The predicted octanol–water partition coefficient (Wildman–Crippen LogP) is 3.77. The molecule has 0 spiro atoms. The molecule has 1 aromatic carbocycles. The van der Waals surface area contributed by atoms with Crippen LogP contribution in [0.4, 0.5) is 0 Å². The Labute approximate surface area is 90.0 Å². The number of rotatable bonds is 2. The molecule has 1 aromatic heterocycles. The number of oxazole rings is 1. The highest BCUT2D eigenvalue weighted by atomic mass is 16.4. The summed E-state index contributed by atoms with van der Waals surface area (Å²) in [5.41, 5.74) is 2.32. The summed E-state index contributed by atoms with van der Waals surface area (Å²) in [6, 6.07) is 8.24. The molecule has 0 saturated heterocycles. The number of benzene rings is 1. The number of hydrogen-bond acceptors (Lipinski definition) is 2. The van der Waals surface area contributed by atoms with Crippen LogP contribution >= 0.6 is 0 Å². The van der Waals surface area contributed by atoms with Gasteiger partial charge in [0.05, 0.1) is 6.20 Å². The second-order valence-electron chi connectivity index (χ2n) is 4.09. The zero-order valence-electron chi connectivity index (χ0n) is 9.32. The summed E-state index contributed by atoms with van der Waals surface area (Å²) in [4.78, 5) is 4.26. The maximum atomic E-state index is 5.68. The Morgan fingerprint density at radius 3 is 2.67 bits per heavy atom. The second-order valence-corrected chi connectivity index (χ2v) is 4.09. The van der Waals surface area contributed by atoms with Crippen molar-refractivity contribution in [3.8, 4) is 11.3 Å². The lowest BCUT2D eigenvalue weighted by Crippen LogP contribution is -1.84. The van der Waals surface area contributed by atoms with Crippen molar-refractivity contribution in [2.24, 2.45) is 0 Å². The molecule has 0 N–H and O–H groups in total. The Balaban J connectivity index is 2.37. The van der Waals surface area contributed by atoms with Crippen LogP contribution in [0.15, 0.2) is 34.9 Å². The molecular weight excluding hydrogens is 186 g/mol. The average molecular weight is 201 g/mol. The number of aromatic nitrogens is 1. The van der Waals surface area contributed by atoms with E-state index in [2.05, 4.69) is 37.9 Å². The summed E-state index contributed by atoms with van der Waals surface area (Å²) in [7, 11) is 0. The third kappa shape index (κ3) is 2.09. The van der Waals surface area contributed by atoms with Crippen LogP contribution in [-0.4, -0.2) is 4.98 Å². The summed E-state index contributed by atoms with van der Waals surface area (Å²) in [5, 5.41) is 0. The fourth-order valence-corrected chi connectivity index (χ4v) is 1.49. The molecule has 0 saturated carbocycles. The molecule has 0 aliphatic carbocycles. The van der Waals surface area contributed by atoms with Gasteiger partial charge in [-0.1, -0.05) is 37.6 Å². The Morgan fingerprint density at radius 1 is 1.27 bits per heavy atom. The molecular formula is C13H15NO. The van der Waals surface area contributed by atoms with Crippen molar-refractivity contribution in [3.05, 3.63) is 41.9 Å². The monoisotopic (exact) mass is 201 g/mol. The van der Waals surface area contributed by atoms with E-state index in [0.29, 0.717) is 5.92 Å². The fourth-order valence-electron chi connectivity index (χ4n) is 1.49. The van der Waals surface area contributed by atoms with Gasteiger partial charge < -0.3 is 4.42 Å². The Morgan fingerprint density at radius 2 is 2.07 bits per heavy atom. The molecule has 0 atom stereocenters. The minimum absolute atomic E-state index is 0.337. The van der Waals surface area contributed by atoms with Gasteiger partial charge >= 0.3 is 0 Å². The maximum Gasteiger partial charge on any atom is 0.197 e. The van der Waals surface area contributed by atoms with E-state index in [9.17, 15) is 0 Å². The van der Waals surface area contributed by atoms with E-state index < -0.39 is 0 Å². The van der Waals surface area contributed by atoms with Crippen LogP contribution in [0.25, 0.3) is 11.3 Å². The third-order valence-electron chi connectivity index (χ3n) is 2.32. The molecule has 15 heavy (non-hydrogen) atoms. The molecule has 2 nitrogen and oxygen atoms in total. The van der Waals surface area contributed by atoms with Crippen LogP contribution < -0.4 is 0 Å². The van der Waals surface area contributed by atoms with Crippen LogP contribution in [0.3, 0.4) is 0 Å². The summed E-state index contributed by atoms with van der Waals surface area (Å²) in [6.45, 7) is 6.22. The topological polar surface area (TPSA) is 26.0 Å². The van der Waals surface area contributed by atoms with Crippen molar-refractivity contribution in [1.29, 1.82) is 0 Å². The lowest BCUT2D eigenvalue weighted by atomic mass is 10.1. The molecule has 78 valence electrons. The zero-order valence-corrected chi connectivity index (χ0v) is 9.32. The molecule has 1 heterocycles. The van der Waals surface area contributed by atoms with E-state index >= 15 is 0 Å². The van der Waals surface area contributed by atoms with Gasteiger partial charge in [0.15, 0.2) is 11.7 Å².